The number of aliphatic hydroxyl groups excluding tert-OH is 2. The number of amides is 1. The first-order valence-electron chi connectivity index (χ1n) is 12.2. The van der Waals surface area contributed by atoms with E-state index in [1.54, 1.807) is 0 Å². The lowest BCUT2D eigenvalue weighted by atomic mass is 9.55. The van der Waals surface area contributed by atoms with E-state index < -0.39 is 6.61 Å². The van der Waals surface area contributed by atoms with Gasteiger partial charge in [0.15, 0.2) is 0 Å². The minimum Gasteiger partial charge on any atom is -0.392 e. The minimum atomic E-state index is -0.448. The van der Waals surface area contributed by atoms with Gasteiger partial charge in [-0.3, -0.25) is 4.79 Å². The van der Waals surface area contributed by atoms with Crippen molar-refractivity contribution in [3.05, 3.63) is 42.4 Å². The Morgan fingerprint density at radius 3 is 2.97 bits per heavy atom. The molecule has 2 heterocycles. The normalized spacial score (nSPS) is 31.6. The summed E-state index contributed by atoms with van der Waals surface area (Å²) in [5.41, 5.74) is 3.58. The van der Waals surface area contributed by atoms with Crippen molar-refractivity contribution in [3.63, 3.8) is 0 Å². The molecule has 2 bridgehead atoms. The van der Waals surface area contributed by atoms with Crippen LogP contribution in [0.5, 0.6) is 0 Å². The zero-order valence-corrected chi connectivity index (χ0v) is 18.9. The van der Waals surface area contributed by atoms with Gasteiger partial charge in [0.1, 0.15) is 6.61 Å². The lowest BCUT2D eigenvalue weighted by Gasteiger charge is -2.52. The Labute approximate surface area is 190 Å². The average molecular weight is 438 g/mol. The number of fused-ring (bicyclic) bond motifs is 5. The zero-order chi connectivity index (χ0) is 22.3. The summed E-state index contributed by atoms with van der Waals surface area (Å²) in [6, 6.07) is 8.63. The van der Waals surface area contributed by atoms with Crippen LogP contribution in [0.3, 0.4) is 0 Å². The minimum absolute atomic E-state index is 0.0779. The van der Waals surface area contributed by atoms with Crippen molar-refractivity contribution in [2.75, 3.05) is 13.2 Å². The molecule has 6 heteroatoms. The number of aromatic nitrogens is 2. The van der Waals surface area contributed by atoms with Crippen LogP contribution in [0.4, 0.5) is 0 Å². The second-order valence-electron chi connectivity index (χ2n) is 10.3. The standard InChI is InChI=1S/C26H35N3O3/c1-2-26(11-17-7-8-18(19(9-17)12-26)13-28-25(32)15-30)24(31)10-22-20-5-3-4-6-21(20)23-14-27-16-29(22)23/h3-6,14,16-19,22,24,30-31H,2,7-13,15H2,1H3,(H,28,32). The van der Waals surface area contributed by atoms with Crippen molar-refractivity contribution in [2.45, 2.75) is 64.0 Å². The number of carbonyl (C=O) groups excluding carboxylic acids is 1. The predicted molar refractivity (Wildman–Crippen MR) is 123 cm³/mol. The topological polar surface area (TPSA) is 87.4 Å². The van der Waals surface area contributed by atoms with Crippen molar-refractivity contribution in [3.8, 4) is 11.3 Å². The van der Waals surface area contributed by atoms with E-state index in [1.165, 1.54) is 24.0 Å². The molecule has 2 saturated carbocycles. The first kappa shape index (κ1) is 21.7. The maximum absolute atomic E-state index is 11.7. The summed E-state index contributed by atoms with van der Waals surface area (Å²) in [5, 5.41) is 23.7. The van der Waals surface area contributed by atoms with Crippen LogP contribution in [-0.4, -0.2) is 44.9 Å². The van der Waals surface area contributed by atoms with Gasteiger partial charge in [0.2, 0.25) is 5.91 Å². The highest BCUT2D eigenvalue weighted by molar-refractivity contribution is 5.76. The fourth-order valence-corrected chi connectivity index (χ4v) is 7.04. The molecule has 0 saturated heterocycles. The van der Waals surface area contributed by atoms with Crippen molar-refractivity contribution in [2.24, 2.45) is 23.2 Å². The molecule has 2 aliphatic carbocycles. The number of nitrogens with zero attached hydrogens (tertiary/aromatic N) is 2. The Balaban J connectivity index is 1.35. The van der Waals surface area contributed by atoms with Gasteiger partial charge in [0.05, 0.1) is 30.4 Å². The summed E-state index contributed by atoms with van der Waals surface area (Å²) in [6.07, 6.45) is 10.8. The molecule has 2 aromatic rings. The van der Waals surface area contributed by atoms with Crippen molar-refractivity contribution < 1.29 is 15.0 Å². The summed E-state index contributed by atoms with van der Waals surface area (Å²) in [6.45, 7) is 2.43. The highest BCUT2D eigenvalue weighted by Crippen LogP contribution is 2.55. The van der Waals surface area contributed by atoms with Crippen molar-refractivity contribution >= 4 is 5.91 Å². The van der Waals surface area contributed by atoms with Crippen LogP contribution in [-0.2, 0) is 4.79 Å². The quantitative estimate of drug-likeness (QED) is 0.618. The lowest BCUT2D eigenvalue weighted by molar-refractivity contribution is -0.124. The fourth-order valence-electron chi connectivity index (χ4n) is 7.04. The molecule has 1 aliphatic heterocycles. The van der Waals surface area contributed by atoms with E-state index >= 15 is 0 Å². The molecule has 6 unspecified atom stereocenters. The number of aliphatic hydroxyl groups is 2. The number of benzene rings is 1. The van der Waals surface area contributed by atoms with Crippen LogP contribution >= 0.6 is 0 Å². The molecule has 0 spiro atoms. The SMILES string of the molecule is CCC1(C(O)CC2c3ccccc3-c3cncn32)CC2CCC(CNC(=O)CO)C(C2)C1. The molecule has 1 aromatic carbocycles. The summed E-state index contributed by atoms with van der Waals surface area (Å²) < 4.78 is 2.23. The first-order chi connectivity index (χ1) is 15.5. The Bertz CT molecular complexity index is 973. The Hall–Kier alpha value is -2.18. The molecule has 2 fully saturated rings. The molecule has 3 aliphatic rings. The second-order valence-corrected chi connectivity index (χ2v) is 10.3. The van der Waals surface area contributed by atoms with Crippen LogP contribution in [0.25, 0.3) is 11.3 Å². The average Bonchev–Trinajstić information content (AvgIpc) is 3.40. The maximum Gasteiger partial charge on any atom is 0.245 e. The number of carbonyl (C=O) groups is 1. The number of hydrogen-bond donors (Lipinski definition) is 3. The van der Waals surface area contributed by atoms with Gasteiger partial charge < -0.3 is 20.1 Å². The maximum atomic E-state index is 11.7. The van der Waals surface area contributed by atoms with E-state index in [0.717, 1.165) is 31.4 Å². The third kappa shape index (κ3) is 3.67. The van der Waals surface area contributed by atoms with E-state index in [-0.39, 0.29) is 23.5 Å². The first-order valence-corrected chi connectivity index (χ1v) is 12.2. The molecule has 3 N–H and O–H groups in total. The van der Waals surface area contributed by atoms with E-state index in [4.69, 9.17) is 5.11 Å². The van der Waals surface area contributed by atoms with Gasteiger partial charge in [0, 0.05) is 12.1 Å². The van der Waals surface area contributed by atoms with E-state index in [9.17, 15) is 9.90 Å². The lowest BCUT2D eigenvalue weighted by Crippen LogP contribution is -2.48. The molecule has 172 valence electrons. The number of nitrogens with one attached hydrogen (secondary N) is 1. The summed E-state index contributed by atoms with van der Waals surface area (Å²) >= 11 is 0. The number of imidazole rings is 1. The van der Waals surface area contributed by atoms with Crippen LogP contribution in [0, 0.1) is 23.2 Å². The highest BCUT2D eigenvalue weighted by atomic mass is 16.3. The van der Waals surface area contributed by atoms with Gasteiger partial charge in [0.25, 0.3) is 0 Å². The number of hydrogen-bond acceptors (Lipinski definition) is 4. The molecule has 1 aromatic heterocycles. The molecule has 32 heavy (non-hydrogen) atoms. The van der Waals surface area contributed by atoms with Gasteiger partial charge in [-0.25, -0.2) is 4.98 Å². The molecule has 5 rings (SSSR count). The summed E-state index contributed by atoms with van der Waals surface area (Å²) in [4.78, 5) is 16.0. The van der Waals surface area contributed by atoms with Crippen LogP contribution < -0.4 is 5.32 Å². The van der Waals surface area contributed by atoms with E-state index in [1.807, 2.05) is 12.5 Å². The fraction of sp³-hybridized carbons (Fsp3) is 0.615. The predicted octanol–water partition coefficient (Wildman–Crippen LogP) is 3.54. The summed E-state index contributed by atoms with van der Waals surface area (Å²) in [7, 11) is 0. The molecule has 0 radical (unpaired) electrons. The van der Waals surface area contributed by atoms with Crippen molar-refractivity contribution in [1.82, 2.24) is 14.9 Å². The molecule has 6 atom stereocenters. The van der Waals surface area contributed by atoms with E-state index in [0.29, 0.717) is 30.7 Å². The molecule has 6 nitrogen and oxygen atoms in total. The molecule has 1 amide bonds. The monoisotopic (exact) mass is 437 g/mol. The van der Waals surface area contributed by atoms with Gasteiger partial charge >= 0.3 is 0 Å². The Morgan fingerprint density at radius 1 is 1.31 bits per heavy atom. The Kier molecular flexibility index (Phi) is 5.84. The van der Waals surface area contributed by atoms with Gasteiger partial charge in [-0.05, 0) is 67.3 Å². The second kappa shape index (κ2) is 8.64. The van der Waals surface area contributed by atoms with Crippen LogP contribution in [0.15, 0.2) is 36.8 Å². The van der Waals surface area contributed by atoms with Gasteiger partial charge in [-0.1, -0.05) is 37.6 Å². The zero-order valence-electron chi connectivity index (χ0n) is 18.9. The smallest absolute Gasteiger partial charge is 0.245 e. The third-order valence-electron chi connectivity index (χ3n) is 8.77. The molecular weight excluding hydrogens is 402 g/mol. The van der Waals surface area contributed by atoms with Crippen LogP contribution in [0.1, 0.15) is 63.5 Å². The largest absolute Gasteiger partial charge is 0.392 e. The summed E-state index contributed by atoms with van der Waals surface area (Å²) in [5.74, 6) is 1.33. The third-order valence-corrected chi connectivity index (χ3v) is 8.77. The van der Waals surface area contributed by atoms with Crippen LogP contribution in [0.2, 0.25) is 0 Å². The van der Waals surface area contributed by atoms with Crippen molar-refractivity contribution in [1.29, 1.82) is 0 Å². The molecular formula is C26H35N3O3. The van der Waals surface area contributed by atoms with Gasteiger partial charge in [-0.15, -0.1) is 0 Å². The number of rotatable bonds is 7. The highest BCUT2D eigenvalue weighted by Gasteiger charge is 2.48. The van der Waals surface area contributed by atoms with E-state index in [2.05, 4.69) is 46.1 Å². The van der Waals surface area contributed by atoms with Gasteiger partial charge in [-0.2, -0.15) is 0 Å². The Morgan fingerprint density at radius 2 is 2.16 bits per heavy atom.